The van der Waals surface area contributed by atoms with Crippen molar-refractivity contribution in [1.82, 2.24) is 10.3 Å². The molecule has 1 heterocycles. The topological polar surface area (TPSA) is 68.0 Å². The second kappa shape index (κ2) is 6.50. The van der Waals surface area contributed by atoms with Gasteiger partial charge in [-0.2, -0.15) is 0 Å². The van der Waals surface area contributed by atoms with Crippen molar-refractivity contribution in [3.8, 4) is 0 Å². The summed E-state index contributed by atoms with van der Waals surface area (Å²) < 4.78 is 0. The molecular weight excluding hydrogens is 294 g/mol. The zero-order valence-corrected chi connectivity index (χ0v) is 12.8. The van der Waals surface area contributed by atoms with Crippen LogP contribution < -0.4 is 11.1 Å². The van der Waals surface area contributed by atoms with Gasteiger partial charge in [0.25, 0.3) is 5.91 Å². The summed E-state index contributed by atoms with van der Waals surface area (Å²) in [6.45, 7) is 0. The maximum atomic E-state index is 12.4. The first-order valence-corrected chi connectivity index (χ1v) is 7.56. The van der Waals surface area contributed by atoms with E-state index in [1.807, 2.05) is 0 Å². The minimum Gasteiger partial charge on any atom is -0.391 e. The van der Waals surface area contributed by atoms with Gasteiger partial charge < -0.3 is 11.1 Å². The third-order valence-corrected chi connectivity index (χ3v) is 4.49. The summed E-state index contributed by atoms with van der Waals surface area (Å²) in [5.41, 5.74) is 5.72. The van der Waals surface area contributed by atoms with E-state index in [1.54, 1.807) is 12.3 Å². The van der Waals surface area contributed by atoms with E-state index in [0.29, 0.717) is 15.6 Å². The van der Waals surface area contributed by atoms with Gasteiger partial charge in [-0.05, 0) is 18.9 Å². The number of halogens is 1. The zero-order chi connectivity index (χ0) is 14.6. The highest BCUT2D eigenvalue weighted by atomic mass is 35.5. The average molecular weight is 312 g/mol. The second-order valence-electron chi connectivity index (χ2n) is 5.17. The van der Waals surface area contributed by atoms with E-state index >= 15 is 0 Å². The second-order valence-corrected chi connectivity index (χ2v) is 6.02. The Hall–Kier alpha value is -1.20. The van der Waals surface area contributed by atoms with Gasteiger partial charge in [-0.3, -0.25) is 9.78 Å². The Morgan fingerprint density at radius 2 is 2.00 bits per heavy atom. The van der Waals surface area contributed by atoms with Crippen molar-refractivity contribution in [3.63, 3.8) is 0 Å². The fraction of sp³-hybridized carbons (Fsp3) is 0.500. The lowest BCUT2D eigenvalue weighted by Gasteiger charge is -2.33. The number of amides is 1. The molecule has 108 valence electrons. The standard InChI is InChI=1S/C14H18ClN3OS/c15-11-9-17-8-5-10(11)12(19)18-14(13(16)20)6-3-1-2-4-7-14/h5,8-9H,1-4,6-7H2,(H2,16,20)(H,18,19). The number of nitrogens with one attached hydrogen (secondary N) is 1. The molecule has 0 aliphatic heterocycles. The Kier molecular flexibility index (Phi) is 4.94. The third-order valence-electron chi connectivity index (χ3n) is 3.80. The van der Waals surface area contributed by atoms with Crippen LogP contribution in [-0.2, 0) is 0 Å². The van der Waals surface area contributed by atoms with Gasteiger partial charge >= 0.3 is 0 Å². The van der Waals surface area contributed by atoms with Crippen LogP contribution in [0.3, 0.4) is 0 Å². The van der Waals surface area contributed by atoms with Crippen LogP contribution in [0.15, 0.2) is 18.5 Å². The highest BCUT2D eigenvalue weighted by Gasteiger charge is 2.36. The summed E-state index contributed by atoms with van der Waals surface area (Å²) in [5.74, 6) is -0.243. The van der Waals surface area contributed by atoms with E-state index in [2.05, 4.69) is 10.3 Å². The van der Waals surface area contributed by atoms with Crippen LogP contribution in [0.1, 0.15) is 48.9 Å². The number of pyridine rings is 1. The molecule has 1 saturated carbocycles. The molecule has 0 aromatic carbocycles. The molecule has 0 saturated heterocycles. The quantitative estimate of drug-likeness (QED) is 0.665. The van der Waals surface area contributed by atoms with Gasteiger partial charge in [0.15, 0.2) is 0 Å². The minimum atomic E-state index is -0.588. The van der Waals surface area contributed by atoms with Crippen LogP contribution in [0.4, 0.5) is 0 Å². The molecule has 0 atom stereocenters. The van der Waals surface area contributed by atoms with Crippen LogP contribution in [0.25, 0.3) is 0 Å². The first kappa shape index (κ1) is 15.2. The van der Waals surface area contributed by atoms with Crippen molar-refractivity contribution >= 4 is 34.7 Å². The Balaban J connectivity index is 2.22. The molecular formula is C14H18ClN3OS. The lowest BCUT2D eigenvalue weighted by Crippen LogP contribution is -2.56. The predicted octanol–water partition coefficient (Wildman–Crippen LogP) is 2.84. The lowest BCUT2D eigenvalue weighted by molar-refractivity contribution is 0.0917. The molecule has 6 heteroatoms. The normalized spacial score (nSPS) is 18.1. The number of nitrogens with zero attached hydrogens (tertiary/aromatic N) is 1. The van der Waals surface area contributed by atoms with E-state index in [0.717, 1.165) is 38.5 Å². The fourth-order valence-corrected chi connectivity index (χ4v) is 3.07. The molecule has 0 spiro atoms. The smallest absolute Gasteiger partial charge is 0.253 e. The molecule has 1 aromatic rings. The van der Waals surface area contributed by atoms with E-state index < -0.39 is 5.54 Å². The van der Waals surface area contributed by atoms with Crippen LogP contribution >= 0.6 is 23.8 Å². The molecule has 20 heavy (non-hydrogen) atoms. The summed E-state index contributed by atoms with van der Waals surface area (Å²) in [7, 11) is 0. The lowest BCUT2D eigenvalue weighted by atomic mass is 9.89. The Bertz CT molecular complexity index is 513. The van der Waals surface area contributed by atoms with Crippen LogP contribution in [-0.4, -0.2) is 21.4 Å². The highest BCUT2D eigenvalue weighted by Crippen LogP contribution is 2.28. The molecule has 1 aliphatic rings. The van der Waals surface area contributed by atoms with Gasteiger partial charge in [-0.1, -0.05) is 49.5 Å². The number of hydrogen-bond acceptors (Lipinski definition) is 3. The zero-order valence-electron chi connectivity index (χ0n) is 11.2. The van der Waals surface area contributed by atoms with E-state index in [1.165, 1.54) is 6.20 Å². The number of aromatic nitrogens is 1. The molecule has 1 amide bonds. The molecule has 1 aliphatic carbocycles. The molecule has 1 aromatic heterocycles. The Morgan fingerprint density at radius 1 is 1.35 bits per heavy atom. The predicted molar refractivity (Wildman–Crippen MR) is 83.9 cm³/mol. The van der Waals surface area contributed by atoms with Crippen molar-refractivity contribution in [2.75, 3.05) is 0 Å². The van der Waals surface area contributed by atoms with Crippen molar-refractivity contribution in [2.45, 2.75) is 44.1 Å². The van der Waals surface area contributed by atoms with E-state index in [-0.39, 0.29) is 5.91 Å². The van der Waals surface area contributed by atoms with Crippen LogP contribution in [0, 0.1) is 0 Å². The van der Waals surface area contributed by atoms with Crippen molar-refractivity contribution in [1.29, 1.82) is 0 Å². The number of hydrogen-bond donors (Lipinski definition) is 2. The molecule has 1 fully saturated rings. The Morgan fingerprint density at radius 3 is 2.55 bits per heavy atom. The summed E-state index contributed by atoms with van der Waals surface area (Å²) in [5, 5.41) is 3.34. The maximum Gasteiger partial charge on any atom is 0.253 e. The summed E-state index contributed by atoms with van der Waals surface area (Å²) in [4.78, 5) is 16.7. The number of rotatable bonds is 3. The molecule has 0 bridgehead atoms. The third kappa shape index (κ3) is 3.27. The number of nitrogens with two attached hydrogens (primary N) is 1. The summed E-state index contributed by atoms with van der Waals surface area (Å²) in [6.07, 6.45) is 8.90. The monoisotopic (exact) mass is 311 g/mol. The van der Waals surface area contributed by atoms with Gasteiger partial charge in [0.2, 0.25) is 0 Å². The van der Waals surface area contributed by atoms with Gasteiger partial charge in [0.1, 0.15) is 0 Å². The highest BCUT2D eigenvalue weighted by molar-refractivity contribution is 7.80. The first-order valence-electron chi connectivity index (χ1n) is 6.77. The minimum absolute atomic E-state index is 0.243. The Labute approximate surface area is 129 Å². The van der Waals surface area contributed by atoms with Crippen molar-refractivity contribution in [2.24, 2.45) is 5.73 Å². The largest absolute Gasteiger partial charge is 0.391 e. The SMILES string of the molecule is NC(=S)C1(NC(=O)c2ccncc2Cl)CCCCCC1. The summed E-state index contributed by atoms with van der Waals surface area (Å²) >= 11 is 11.2. The maximum absolute atomic E-state index is 12.4. The van der Waals surface area contributed by atoms with Gasteiger partial charge in [-0.15, -0.1) is 0 Å². The molecule has 3 N–H and O–H groups in total. The molecule has 0 unspecified atom stereocenters. The fourth-order valence-electron chi connectivity index (χ4n) is 2.61. The van der Waals surface area contributed by atoms with E-state index in [4.69, 9.17) is 29.6 Å². The van der Waals surface area contributed by atoms with Gasteiger partial charge in [0, 0.05) is 12.4 Å². The van der Waals surface area contributed by atoms with Crippen LogP contribution in [0.2, 0.25) is 5.02 Å². The van der Waals surface area contributed by atoms with E-state index in [9.17, 15) is 4.79 Å². The van der Waals surface area contributed by atoms with Crippen molar-refractivity contribution < 1.29 is 4.79 Å². The van der Waals surface area contributed by atoms with Crippen LogP contribution in [0.5, 0.6) is 0 Å². The first-order chi connectivity index (χ1) is 9.55. The summed E-state index contributed by atoms with van der Waals surface area (Å²) in [6, 6.07) is 1.60. The number of carbonyl (C=O) groups excluding carboxylic acids is 1. The van der Waals surface area contributed by atoms with Crippen molar-refractivity contribution in [3.05, 3.63) is 29.0 Å². The average Bonchev–Trinajstić information content (AvgIpc) is 2.65. The molecule has 0 radical (unpaired) electrons. The van der Waals surface area contributed by atoms with Gasteiger partial charge in [-0.25, -0.2) is 0 Å². The van der Waals surface area contributed by atoms with Gasteiger partial charge in [0.05, 0.1) is 21.1 Å². The number of carbonyl (C=O) groups is 1. The number of thiocarbonyl (C=S) groups is 1. The molecule has 2 rings (SSSR count). The molecule has 4 nitrogen and oxygen atoms in total.